The van der Waals surface area contributed by atoms with Crippen LogP contribution in [0.1, 0.15) is 17.2 Å². The highest BCUT2D eigenvalue weighted by Gasteiger charge is 2.44. The van der Waals surface area contributed by atoms with Gasteiger partial charge in [-0.2, -0.15) is 13.2 Å². The van der Waals surface area contributed by atoms with Gasteiger partial charge in [0, 0.05) is 11.6 Å². The Balaban J connectivity index is 2.45. The van der Waals surface area contributed by atoms with E-state index in [2.05, 4.69) is 5.32 Å². The first-order valence-corrected chi connectivity index (χ1v) is 4.45. The summed E-state index contributed by atoms with van der Waals surface area (Å²) in [5, 5.41) is 2.78. The van der Waals surface area contributed by atoms with Crippen molar-refractivity contribution in [3.63, 3.8) is 0 Å². The van der Waals surface area contributed by atoms with E-state index in [1.165, 1.54) is 12.1 Å². The molecule has 1 aliphatic rings. The molecule has 5 heteroatoms. The van der Waals surface area contributed by atoms with Crippen LogP contribution in [0.5, 0.6) is 0 Å². The SMILES string of the molecule is FC(F)(F)[C@H]1NCc2c(Cl)cccc21. The predicted molar refractivity (Wildman–Crippen MR) is 47.1 cm³/mol. The van der Waals surface area contributed by atoms with Crippen molar-refractivity contribution in [2.75, 3.05) is 0 Å². The van der Waals surface area contributed by atoms with E-state index in [0.29, 0.717) is 10.6 Å². The van der Waals surface area contributed by atoms with Crippen LogP contribution in [-0.4, -0.2) is 6.18 Å². The Labute approximate surface area is 83.9 Å². The first-order chi connectivity index (χ1) is 6.50. The fourth-order valence-electron chi connectivity index (χ4n) is 1.64. The average Bonchev–Trinajstić information content (AvgIpc) is 2.47. The number of nitrogens with one attached hydrogen (secondary N) is 1. The zero-order valence-corrected chi connectivity index (χ0v) is 7.78. The van der Waals surface area contributed by atoms with Crippen molar-refractivity contribution >= 4 is 11.6 Å². The molecule has 1 nitrogen and oxygen atoms in total. The van der Waals surface area contributed by atoms with E-state index in [-0.39, 0.29) is 12.1 Å². The lowest BCUT2D eigenvalue weighted by molar-refractivity contribution is -0.155. The first kappa shape index (κ1) is 9.80. The highest BCUT2D eigenvalue weighted by atomic mass is 35.5. The van der Waals surface area contributed by atoms with E-state index in [4.69, 9.17) is 11.6 Å². The number of alkyl halides is 3. The Morgan fingerprint density at radius 2 is 2.07 bits per heavy atom. The molecule has 1 N–H and O–H groups in total. The molecular weight excluding hydrogens is 215 g/mol. The quantitative estimate of drug-likeness (QED) is 0.710. The summed E-state index contributed by atoms with van der Waals surface area (Å²) in [5.41, 5.74) is 0.793. The van der Waals surface area contributed by atoms with E-state index in [0.717, 1.165) is 0 Å². The highest BCUT2D eigenvalue weighted by molar-refractivity contribution is 6.31. The fourth-order valence-corrected chi connectivity index (χ4v) is 1.89. The van der Waals surface area contributed by atoms with Gasteiger partial charge in [0.1, 0.15) is 6.04 Å². The lowest BCUT2D eigenvalue weighted by Crippen LogP contribution is -2.28. The molecule has 0 radical (unpaired) electrons. The molecule has 0 fully saturated rings. The van der Waals surface area contributed by atoms with Gasteiger partial charge in [0.2, 0.25) is 0 Å². The highest BCUT2D eigenvalue weighted by Crippen LogP contribution is 2.40. The van der Waals surface area contributed by atoms with E-state index in [9.17, 15) is 13.2 Å². The van der Waals surface area contributed by atoms with Crippen molar-refractivity contribution in [2.45, 2.75) is 18.8 Å². The third-order valence-electron chi connectivity index (χ3n) is 2.28. The number of benzene rings is 1. The Morgan fingerprint density at radius 3 is 2.71 bits per heavy atom. The van der Waals surface area contributed by atoms with Crippen LogP contribution >= 0.6 is 11.6 Å². The molecule has 0 saturated carbocycles. The third-order valence-corrected chi connectivity index (χ3v) is 2.63. The molecule has 0 aromatic heterocycles. The Bertz CT molecular complexity index is 362. The zero-order valence-electron chi connectivity index (χ0n) is 7.03. The molecule has 2 rings (SSSR count). The summed E-state index contributed by atoms with van der Waals surface area (Å²) in [4.78, 5) is 0. The zero-order chi connectivity index (χ0) is 10.3. The molecule has 14 heavy (non-hydrogen) atoms. The third kappa shape index (κ3) is 1.48. The van der Waals surface area contributed by atoms with Gasteiger partial charge in [-0.15, -0.1) is 0 Å². The molecule has 0 saturated heterocycles. The normalized spacial score (nSPS) is 21.0. The van der Waals surface area contributed by atoms with Gasteiger partial charge in [-0.05, 0) is 17.2 Å². The second kappa shape index (κ2) is 3.14. The predicted octanol–water partition coefficient (Wildman–Crippen LogP) is 3.05. The van der Waals surface area contributed by atoms with Crippen molar-refractivity contribution in [3.05, 3.63) is 34.3 Å². The minimum Gasteiger partial charge on any atom is -0.298 e. The van der Waals surface area contributed by atoms with Crippen molar-refractivity contribution in [1.29, 1.82) is 0 Å². The number of hydrogen-bond acceptors (Lipinski definition) is 1. The van der Waals surface area contributed by atoms with Crippen molar-refractivity contribution in [3.8, 4) is 0 Å². The van der Waals surface area contributed by atoms with E-state index >= 15 is 0 Å². The number of rotatable bonds is 0. The van der Waals surface area contributed by atoms with Crippen LogP contribution in [0.25, 0.3) is 0 Å². The van der Waals surface area contributed by atoms with Crippen LogP contribution in [0.15, 0.2) is 18.2 Å². The summed E-state index contributed by atoms with van der Waals surface area (Å²) < 4.78 is 37.4. The Morgan fingerprint density at radius 1 is 1.36 bits per heavy atom. The molecule has 1 aromatic rings. The number of hydrogen-bond donors (Lipinski definition) is 1. The monoisotopic (exact) mass is 221 g/mol. The standard InChI is InChI=1S/C9H7ClF3N/c10-7-3-1-2-5-6(7)4-14-8(5)9(11,12)13/h1-3,8,14H,4H2/t8-/m0/s1. The maximum absolute atomic E-state index is 12.5. The van der Waals surface area contributed by atoms with Crippen LogP contribution < -0.4 is 5.32 Å². The maximum Gasteiger partial charge on any atom is 0.407 e. The molecular formula is C9H7ClF3N. The fraction of sp³-hybridized carbons (Fsp3) is 0.333. The topological polar surface area (TPSA) is 12.0 Å². The van der Waals surface area contributed by atoms with Gasteiger partial charge in [0.05, 0.1) is 0 Å². The van der Waals surface area contributed by atoms with Crippen molar-refractivity contribution < 1.29 is 13.2 Å². The molecule has 1 aromatic carbocycles. The van der Waals surface area contributed by atoms with Gasteiger partial charge in [-0.1, -0.05) is 23.7 Å². The lowest BCUT2D eigenvalue weighted by atomic mass is 10.1. The minimum atomic E-state index is -4.25. The van der Waals surface area contributed by atoms with Gasteiger partial charge >= 0.3 is 6.18 Å². The van der Waals surface area contributed by atoms with E-state index in [1.54, 1.807) is 6.07 Å². The van der Waals surface area contributed by atoms with E-state index in [1.807, 2.05) is 0 Å². The molecule has 1 atom stereocenters. The second-order valence-electron chi connectivity index (χ2n) is 3.16. The van der Waals surface area contributed by atoms with Crippen molar-refractivity contribution in [1.82, 2.24) is 5.32 Å². The molecule has 1 aliphatic heterocycles. The maximum atomic E-state index is 12.5. The van der Waals surface area contributed by atoms with Crippen LogP contribution in [0, 0.1) is 0 Å². The summed E-state index contributed by atoms with van der Waals surface area (Å²) >= 11 is 5.78. The molecule has 0 bridgehead atoms. The van der Waals surface area contributed by atoms with Gasteiger partial charge in [-0.3, -0.25) is 5.32 Å². The van der Waals surface area contributed by atoms with Crippen molar-refractivity contribution in [2.24, 2.45) is 0 Å². The van der Waals surface area contributed by atoms with Crippen LogP contribution in [0.3, 0.4) is 0 Å². The molecule has 0 aliphatic carbocycles. The van der Waals surface area contributed by atoms with Gasteiger partial charge in [0.25, 0.3) is 0 Å². The van der Waals surface area contributed by atoms with E-state index < -0.39 is 12.2 Å². The summed E-state index contributed by atoms with van der Waals surface area (Å²) in [6.45, 7) is 0.180. The smallest absolute Gasteiger partial charge is 0.298 e. The van der Waals surface area contributed by atoms with Gasteiger partial charge in [0.15, 0.2) is 0 Å². The molecule has 1 heterocycles. The average molecular weight is 222 g/mol. The Kier molecular flexibility index (Phi) is 2.20. The second-order valence-corrected chi connectivity index (χ2v) is 3.57. The molecule has 0 unspecified atom stereocenters. The lowest BCUT2D eigenvalue weighted by Gasteiger charge is -2.15. The number of halogens is 4. The van der Waals surface area contributed by atoms with Crippen LogP contribution in [0.2, 0.25) is 5.02 Å². The van der Waals surface area contributed by atoms with Gasteiger partial charge < -0.3 is 0 Å². The summed E-state index contributed by atoms with van der Waals surface area (Å²) in [6.07, 6.45) is -4.25. The van der Waals surface area contributed by atoms with Crippen LogP contribution in [-0.2, 0) is 6.54 Å². The molecule has 76 valence electrons. The molecule has 0 amide bonds. The first-order valence-electron chi connectivity index (χ1n) is 4.07. The summed E-state index contributed by atoms with van der Waals surface area (Å²) in [6, 6.07) is 3.02. The minimum absolute atomic E-state index is 0.180. The van der Waals surface area contributed by atoms with Crippen LogP contribution in [0.4, 0.5) is 13.2 Å². The largest absolute Gasteiger partial charge is 0.407 e. The summed E-state index contributed by atoms with van der Waals surface area (Å²) in [5.74, 6) is 0. The van der Waals surface area contributed by atoms with Gasteiger partial charge in [-0.25, -0.2) is 0 Å². The Hall–Kier alpha value is -0.740. The molecule has 0 spiro atoms. The summed E-state index contributed by atoms with van der Waals surface area (Å²) in [7, 11) is 0. The number of fused-ring (bicyclic) bond motifs is 1.